The molecule has 2 aromatic carbocycles. The van der Waals surface area contributed by atoms with Crippen molar-refractivity contribution in [2.24, 2.45) is 0 Å². The van der Waals surface area contributed by atoms with Crippen LogP contribution in [0.25, 0.3) is 17.4 Å². The van der Waals surface area contributed by atoms with Gasteiger partial charge in [-0.15, -0.1) is 0 Å². The number of hydrogen-bond acceptors (Lipinski definition) is 7. The van der Waals surface area contributed by atoms with Gasteiger partial charge in [0.2, 0.25) is 0 Å². The minimum absolute atomic E-state index is 0.0395. The number of hydrogen-bond donors (Lipinski definition) is 0. The number of rotatable bonds is 6. The molecule has 0 radical (unpaired) electrons. The van der Waals surface area contributed by atoms with Crippen molar-refractivity contribution in [3.63, 3.8) is 0 Å². The minimum atomic E-state index is -0.587. The van der Waals surface area contributed by atoms with Gasteiger partial charge in [-0.2, -0.15) is 0 Å². The maximum absolute atomic E-state index is 12.7. The zero-order chi connectivity index (χ0) is 22.8. The summed E-state index contributed by atoms with van der Waals surface area (Å²) in [4.78, 5) is 48.6. The summed E-state index contributed by atoms with van der Waals surface area (Å²) in [6, 6.07) is 15.3. The smallest absolute Gasteiger partial charge is 0.293 e. The van der Waals surface area contributed by atoms with Crippen molar-refractivity contribution < 1.29 is 23.7 Å². The number of ketones is 1. The molecule has 10 heteroatoms. The summed E-state index contributed by atoms with van der Waals surface area (Å²) in [5, 5.41) is 10.7. The molecular formula is C22H13ClN2O6S. The molecule has 0 saturated carbocycles. The van der Waals surface area contributed by atoms with Crippen molar-refractivity contribution >= 4 is 52.1 Å². The molecule has 0 N–H and O–H groups in total. The van der Waals surface area contributed by atoms with Gasteiger partial charge in [-0.05, 0) is 60.3 Å². The minimum Gasteiger partial charge on any atom is -0.457 e. The van der Waals surface area contributed by atoms with Gasteiger partial charge < -0.3 is 4.42 Å². The summed E-state index contributed by atoms with van der Waals surface area (Å²) in [6.45, 7) is -0.379. The first-order valence-electron chi connectivity index (χ1n) is 9.20. The van der Waals surface area contributed by atoms with E-state index >= 15 is 0 Å². The SMILES string of the molecule is O=C(CN1C(=O)S/C(=C/c2ccc(-c3ccc([N+](=O)[O-])cc3)o2)C1=O)c1ccc(Cl)cc1. The number of thioether (sulfide) groups is 1. The highest BCUT2D eigenvalue weighted by molar-refractivity contribution is 8.18. The van der Waals surface area contributed by atoms with Crippen LogP contribution in [0.1, 0.15) is 16.1 Å². The van der Waals surface area contributed by atoms with E-state index in [0.29, 0.717) is 39.4 Å². The molecular weight excluding hydrogens is 456 g/mol. The normalized spacial score (nSPS) is 14.9. The average Bonchev–Trinajstić information content (AvgIpc) is 3.34. The number of carbonyl (C=O) groups is 3. The number of benzene rings is 2. The van der Waals surface area contributed by atoms with Gasteiger partial charge in [-0.3, -0.25) is 29.4 Å². The van der Waals surface area contributed by atoms with Crippen LogP contribution in [0, 0.1) is 10.1 Å². The molecule has 2 amide bonds. The highest BCUT2D eigenvalue weighted by Crippen LogP contribution is 2.33. The molecule has 160 valence electrons. The fourth-order valence-corrected chi connectivity index (χ4v) is 3.91. The summed E-state index contributed by atoms with van der Waals surface area (Å²) in [5.41, 5.74) is 0.926. The fraction of sp³-hybridized carbons (Fsp3) is 0.0455. The Hall–Kier alpha value is -3.69. The molecule has 1 aromatic heterocycles. The van der Waals surface area contributed by atoms with Gasteiger partial charge in [-0.1, -0.05) is 11.6 Å². The zero-order valence-electron chi connectivity index (χ0n) is 16.2. The predicted octanol–water partition coefficient (Wildman–Crippen LogP) is 5.43. The van der Waals surface area contributed by atoms with Crippen LogP contribution >= 0.6 is 23.4 Å². The largest absolute Gasteiger partial charge is 0.457 e. The Labute approximate surface area is 190 Å². The van der Waals surface area contributed by atoms with Gasteiger partial charge in [0.25, 0.3) is 16.8 Å². The van der Waals surface area contributed by atoms with Gasteiger partial charge >= 0.3 is 0 Å². The highest BCUT2D eigenvalue weighted by atomic mass is 35.5. The Balaban J connectivity index is 1.48. The van der Waals surface area contributed by atoms with Crippen molar-refractivity contribution in [1.29, 1.82) is 0 Å². The van der Waals surface area contributed by atoms with E-state index in [1.54, 1.807) is 36.4 Å². The Morgan fingerprint density at radius 3 is 2.41 bits per heavy atom. The van der Waals surface area contributed by atoms with Crippen LogP contribution in [0.3, 0.4) is 0 Å². The third kappa shape index (κ3) is 4.48. The van der Waals surface area contributed by atoms with Crippen LogP contribution in [-0.2, 0) is 4.79 Å². The molecule has 3 aromatic rings. The van der Waals surface area contributed by atoms with Gasteiger partial charge in [0.15, 0.2) is 5.78 Å². The number of Topliss-reactive ketones (excluding diaryl/α,β-unsaturated/α-hetero) is 1. The lowest BCUT2D eigenvalue weighted by molar-refractivity contribution is -0.384. The monoisotopic (exact) mass is 468 g/mol. The van der Waals surface area contributed by atoms with Crippen LogP contribution in [0.5, 0.6) is 0 Å². The lowest BCUT2D eigenvalue weighted by Gasteiger charge is -2.11. The summed E-state index contributed by atoms with van der Waals surface area (Å²) in [5.74, 6) is -0.199. The molecule has 1 aliphatic heterocycles. The highest BCUT2D eigenvalue weighted by Gasteiger charge is 2.36. The Kier molecular flexibility index (Phi) is 5.93. The quantitative estimate of drug-likeness (QED) is 0.205. The molecule has 32 heavy (non-hydrogen) atoms. The second-order valence-electron chi connectivity index (χ2n) is 6.70. The molecule has 0 aliphatic carbocycles. The number of non-ortho nitro benzene ring substituents is 1. The van der Waals surface area contributed by atoms with Crippen LogP contribution in [-0.4, -0.2) is 33.3 Å². The number of amides is 2. The Bertz CT molecular complexity index is 1260. The predicted molar refractivity (Wildman–Crippen MR) is 119 cm³/mol. The van der Waals surface area contributed by atoms with E-state index in [-0.39, 0.29) is 22.9 Å². The molecule has 1 aliphatic rings. The number of carbonyl (C=O) groups excluding carboxylic acids is 3. The molecule has 0 atom stereocenters. The second-order valence-corrected chi connectivity index (χ2v) is 8.13. The molecule has 1 saturated heterocycles. The zero-order valence-corrected chi connectivity index (χ0v) is 17.8. The number of furan rings is 1. The van der Waals surface area contributed by atoms with Crippen LogP contribution in [0.4, 0.5) is 10.5 Å². The maximum Gasteiger partial charge on any atom is 0.293 e. The standard InChI is InChI=1S/C22H13ClN2O6S/c23-15-5-1-13(2-6-15)18(26)12-24-21(27)20(32-22(24)28)11-17-9-10-19(31-17)14-3-7-16(8-4-14)25(29)30/h1-11H,12H2/b20-11+. The molecule has 1 fully saturated rings. The lowest BCUT2D eigenvalue weighted by Crippen LogP contribution is -2.33. The molecule has 0 unspecified atom stereocenters. The fourth-order valence-electron chi connectivity index (χ4n) is 2.97. The molecule has 8 nitrogen and oxygen atoms in total. The topological polar surface area (TPSA) is 111 Å². The first-order chi connectivity index (χ1) is 15.3. The summed E-state index contributed by atoms with van der Waals surface area (Å²) < 4.78 is 5.69. The summed E-state index contributed by atoms with van der Waals surface area (Å²) >= 11 is 6.53. The Morgan fingerprint density at radius 1 is 1.06 bits per heavy atom. The van der Waals surface area contributed by atoms with E-state index in [9.17, 15) is 24.5 Å². The van der Waals surface area contributed by atoms with Gasteiger partial charge in [0.05, 0.1) is 16.4 Å². The first kappa shape index (κ1) is 21.5. The van der Waals surface area contributed by atoms with Gasteiger partial charge in [0.1, 0.15) is 11.5 Å². The van der Waals surface area contributed by atoms with Crippen LogP contribution < -0.4 is 0 Å². The number of imide groups is 1. The van der Waals surface area contributed by atoms with Crippen LogP contribution in [0.15, 0.2) is 70.0 Å². The second kappa shape index (κ2) is 8.81. The Morgan fingerprint density at radius 2 is 1.75 bits per heavy atom. The number of nitrogens with zero attached hydrogens (tertiary/aromatic N) is 2. The summed E-state index contributed by atoms with van der Waals surface area (Å²) in [7, 11) is 0. The van der Waals surface area contributed by atoms with E-state index in [1.807, 2.05) is 0 Å². The van der Waals surface area contributed by atoms with Crippen molar-refractivity contribution in [2.75, 3.05) is 6.54 Å². The maximum atomic E-state index is 12.7. The van der Waals surface area contributed by atoms with E-state index in [0.717, 1.165) is 4.90 Å². The molecule has 4 rings (SSSR count). The molecule has 2 heterocycles. The summed E-state index contributed by atoms with van der Waals surface area (Å²) in [6.07, 6.45) is 1.42. The van der Waals surface area contributed by atoms with E-state index in [1.165, 1.54) is 30.3 Å². The van der Waals surface area contributed by atoms with Gasteiger partial charge in [0, 0.05) is 34.4 Å². The number of nitro groups is 1. The van der Waals surface area contributed by atoms with Crippen molar-refractivity contribution in [1.82, 2.24) is 4.90 Å². The van der Waals surface area contributed by atoms with E-state index in [2.05, 4.69) is 0 Å². The number of halogens is 1. The first-order valence-corrected chi connectivity index (χ1v) is 10.4. The third-order valence-corrected chi connectivity index (χ3v) is 5.76. The van der Waals surface area contributed by atoms with Crippen molar-refractivity contribution in [2.45, 2.75) is 0 Å². The molecule has 0 bridgehead atoms. The molecule has 0 spiro atoms. The van der Waals surface area contributed by atoms with E-state index in [4.69, 9.17) is 16.0 Å². The van der Waals surface area contributed by atoms with Gasteiger partial charge in [-0.25, -0.2) is 0 Å². The van der Waals surface area contributed by atoms with Crippen molar-refractivity contribution in [3.05, 3.63) is 92.0 Å². The van der Waals surface area contributed by atoms with Crippen molar-refractivity contribution in [3.8, 4) is 11.3 Å². The third-order valence-electron chi connectivity index (χ3n) is 4.60. The lowest BCUT2D eigenvalue weighted by atomic mass is 10.1. The van der Waals surface area contributed by atoms with E-state index < -0.39 is 16.1 Å². The number of nitro benzene ring substituents is 1. The average molecular weight is 469 g/mol. The van der Waals surface area contributed by atoms with Crippen LogP contribution in [0.2, 0.25) is 5.02 Å².